The van der Waals surface area contributed by atoms with Gasteiger partial charge in [-0.15, -0.1) is 0 Å². The molecule has 1 saturated carbocycles. The molecule has 0 aromatic heterocycles. The van der Waals surface area contributed by atoms with E-state index in [0.717, 1.165) is 19.3 Å². The fourth-order valence-electron chi connectivity index (χ4n) is 1.95. The Balaban J connectivity index is 2.48. The van der Waals surface area contributed by atoms with E-state index in [2.05, 4.69) is 39.2 Å². The largest absolute Gasteiger partial charge is 0.465 e. The first kappa shape index (κ1) is 14.5. The Labute approximate surface area is 105 Å². The maximum Gasteiger partial charge on any atom is 0.404 e. The summed E-state index contributed by atoms with van der Waals surface area (Å²) < 4.78 is 6.28. The van der Waals surface area contributed by atoms with Gasteiger partial charge in [-0.2, -0.15) is 0 Å². The van der Waals surface area contributed by atoms with Crippen LogP contribution in [0.1, 0.15) is 40.0 Å². The molecule has 0 heterocycles. The average molecular weight is 259 g/mol. The van der Waals surface area contributed by atoms with Crippen LogP contribution in [-0.2, 0) is 4.43 Å². The van der Waals surface area contributed by atoms with Gasteiger partial charge in [-0.3, -0.25) is 0 Å². The van der Waals surface area contributed by atoms with Gasteiger partial charge in [0.05, 0.1) is 0 Å². The molecule has 1 rings (SSSR count). The summed E-state index contributed by atoms with van der Waals surface area (Å²) in [6.07, 6.45) is 1.98. The molecule has 0 spiro atoms. The van der Waals surface area contributed by atoms with E-state index >= 15 is 0 Å². The Kier molecular flexibility index (Phi) is 4.25. The van der Waals surface area contributed by atoms with Crippen molar-refractivity contribution in [2.45, 2.75) is 70.3 Å². The first-order chi connectivity index (χ1) is 7.62. The van der Waals surface area contributed by atoms with E-state index in [9.17, 15) is 4.79 Å². The van der Waals surface area contributed by atoms with E-state index in [0.29, 0.717) is 0 Å². The number of rotatable bonds is 3. The second kappa shape index (κ2) is 4.98. The van der Waals surface area contributed by atoms with E-state index < -0.39 is 14.4 Å². The van der Waals surface area contributed by atoms with Gasteiger partial charge in [0.25, 0.3) is 0 Å². The summed E-state index contributed by atoms with van der Waals surface area (Å²) >= 11 is 0. The van der Waals surface area contributed by atoms with Crippen LogP contribution in [0.2, 0.25) is 18.1 Å². The van der Waals surface area contributed by atoms with Gasteiger partial charge in [0.15, 0.2) is 8.32 Å². The highest BCUT2D eigenvalue weighted by Crippen LogP contribution is 2.39. The Morgan fingerprint density at radius 2 is 1.94 bits per heavy atom. The molecule has 17 heavy (non-hydrogen) atoms. The van der Waals surface area contributed by atoms with Crippen molar-refractivity contribution in [3.63, 3.8) is 0 Å². The summed E-state index contributed by atoms with van der Waals surface area (Å²) in [6.45, 7) is 11.2. The topological polar surface area (TPSA) is 58.6 Å². The second-order valence-corrected chi connectivity index (χ2v) is 11.2. The Morgan fingerprint density at radius 3 is 2.41 bits per heavy atom. The molecule has 0 radical (unpaired) electrons. The first-order valence-corrected chi connectivity index (χ1v) is 9.20. The van der Waals surface area contributed by atoms with Crippen molar-refractivity contribution in [3.05, 3.63) is 0 Å². The fraction of sp³-hybridized carbons (Fsp3) is 0.917. The highest BCUT2D eigenvalue weighted by molar-refractivity contribution is 6.74. The van der Waals surface area contributed by atoms with Gasteiger partial charge in [0.1, 0.15) is 0 Å². The standard InChI is InChI=1S/C12H25NO3Si/c1-12(2,3)17(4,5)16-10-7-6-9(8-10)13-11(14)15/h9-10,13H,6-8H2,1-5H3,(H,14,15). The molecule has 2 N–H and O–H groups in total. The summed E-state index contributed by atoms with van der Waals surface area (Å²) in [5, 5.41) is 11.4. The molecule has 1 fully saturated rings. The third-order valence-corrected chi connectivity index (χ3v) is 8.51. The maximum absolute atomic E-state index is 10.6. The van der Waals surface area contributed by atoms with Crippen LogP contribution in [0, 0.1) is 0 Å². The number of hydrogen-bond donors (Lipinski definition) is 2. The molecule has 0 bridgehead atoms. The molecular formula is C12H25NO3Si. The molecule has 0 aliphatic heterocycles. The molecule has 2 atom stereocenters. The number of hydrogen-bond acceptors (Lipinski definition) is 2. The summed E-state index contributed by atoms with van der Waals surface area (Å²) in [4.78, 5) is 10.6. The van der Waals surface area contributed by atoms with E-state index in [1.807, 2.05) is 0 Å². The number of carbonyl (C=O) groups is 1. The predicted molar refractivity (Wildman–Crippen MR) is 70.9 cm³/mol. The second-order valence-electron chi connectivity index (χ2n) is 6.46. The number of nitrogens with one attached hydrogen (secondary N) is 1. The molecular weight excluding hydrogens is 234 g/mol. The lowest BCUT2D eigenvalue weighted by atomic mass is 10.2. The molecule has 0 saturated heterocycles. The number of carboxylic acid groups (broad SMARTS) is 1. The van der Waals surface area contributed by atoms with Crippen LogP contribution in [0.5, 0.6) is 0 Å². The predicted octanol–water partition coefficient (Wildman–Crippen LogP) is 3.20. The third kappa shape index (κ3) is 3.99. The third-order valence-electron chi connectivity index (χ3n) is 3.98. The monoisotopic (exact) mass is 259 g/mol. The lowest BCUT2D eigenvalue weighted by Crippen LogP contribution is -2.43. The molecule has 1 aliphatic rings. The minimum Gasteiger partial charge on any atom is -0.465 e. The summed E-state index contributed by atoms with van der Waals surface area (Å²) in [5.74, 6) is 0. The fourth-order valence-corrected chi connectivity index (χ4v) is 3.35. The Hall–Kier alpha value is -0.553. The molecule has 0 aromatic rings. The van der Waals surface area contributed by atoms with Crippen molar-refractivity contribution in [1.82, 2.24) is 5.32 Å². The van der Waals surface area contributed by atoms with E-state index in [4.69, 9.17) is 9.53 Å². The summed E-state index contributed by atoms with van der Waals surface area (Å²) in [5.41, 5.74) is 0. The summed E-state index contributed by atoms with van der Waals surface area (Å²) in [7, 11) is -1.71. The van der Waals surface area contributed by atoms with Gasteiger partial charge in [-0.1, -0.05) is 20.8 Å². The van der Waals surface area contributed by atoms with Gasteiger partial charge < -0.3 is 14.8 Å². The van der Waals surface area contributed by atoms with Gasteiger partial charge in [-0.25, -0.2) is 4.79 Å². The zero-order valence-corrected chi connectivity index (χ0v) is 12.5. The zero-order valence-electron chi connectivity index (χ0n) is 11.5. The van der Waals surface area contributed by atoms with Gasteiger partial charge in [0.2, 0.25) is 0 Å². The minimum absolute atomic E-state index is 0.0715. The Bertz CT molecular complexity index is 286. The quantitative estimate of drug-likeness (QED) is 0.765. The highest BCUT2D eigenvalue weighted by Gasteiger charge is 2.40. The molecule has 2 unspecified atom stereocenters. The van der Waals surface area contributed by atoms with Crippen LogP contribution < -0.4 is 5.32 Å². The summed E-state index contributed by atoms with van der Waals surface area (Å²) in [6, 6.07) is 0.0715. The van der Waals surface area contributed by atoms with Crippen molar-refractivity contribution in [2.24, 2.45) is 0 Å². The highest BCUT2D eigenvalue weighted by atomic mass is 28.4. The van der Waals surface area contributed by atoms with Gasteiger partial charge in [0, 0.05) is 12.1 Å². The van der Waals surface area contributed by atoms with Crippen LogP contribution in [0.25, 0.3) is 0 Å². The molecule has 1 aliphatic carbocycles. The lowest BCUT2D eigenvalue weighted by Gasteiger charge is -2.38. The van der Waals surface area contributed by atoms with Crippen LogP contribution in [0.3, 0.4) is 0 Å². The molecule has 100 valence electrons. The van der Waals surface area contributed by atoms with Crippen LogP contribution in [-0.4, -0.2) is 31.7 Å². The van der Waals surface area contributed by atoms with Crippen molar-refractivity contribution < 1.29 is 14.3 Å². The van der Waals surface area contributed by atoms with E-state index in [1.165, 1.54) is 0 Å². The zero-order chi connectivity index (χ0) is 13.3. The molecule has 1 amide bonds. The molecule has 0 aromatic carbocycles. The first-order valence-electron chi connectivity index (χ1n) is 6.29. The normalized spacial score (nSPS) is 25.9. The van der Waals surface area contributed by atoms with Crippen molar-refractivity contribution in [1.29, 1.82) is 0 Å². The smallest absolute Gasteiger partial charge is 0.404 e. The minimum atomic E-state index is -1.71. The Morgan fingerprint density at radius 1 is 1.35 bits per heavy atom. The van der Waals surface area contributed by atoms with E-state index in [-0.39, 0.29) is 17.2 Å². The SMILES string of the molecule is CC(C)(C)[Si](C)(C)OC1CCC(NC(=O)O)C1. The average Bonchev–Trinajstić information content (AvgIpc) is 2.48. The van der Waals surface area contributed by atoms with Crippen LogP contribution in [0.4, 0.5) is 4.79 Å². The van der Waals surface area contributed by atoms with Gasteiger partial charge >= 0.3 is 6.09 Å². The van der Waals surface area contributed by atoms with Crippen molar-refractivity contribution in [2.75, 3.05) is 0 Å². The molecule has 5 heteroatoms. The lowest BCUT2D eigenvalue weighted by molar-refractivity contribution is 0.177. The van der Waals surface area contributed by atoms with Crippen molar-refractivity contribution in [3.8, 4) is 0 Å². The maximum atomic E-state index is 10.6. The van der Waals surface area contributed by atoms with Crippen LogP contribution in [0.15, 0.2) is 0 Å². The van der Waals surface area contributed by atoms with Crippen molar-refractivity contribution >= 4 is 14.4 Å². The van der Waals surface area contributed by atoms with Gasteiger partial charge in [-0.05, 0) is 37.4 Å². The van der Waals surface area contributed by atoms with Crippen LogP contribution >= 0.6 is 0 Å². The number of amides is 1. The van der Waals surface area contributed by atoms with E-state index in [1.54, 1.807) is 0 Å². The molecule has 4 nitrogen and oxygen atoms in total.